The molecule has 0 N–H and O–H groups in total. The molecule has 3 heteroatoms. The van der Waals surface area contributed by atoms with Crippen molar-refractivity contribution < 1.29 is 9.53 Å². The molecule has 1 fully saturated rings. The Morgan fingerprint density at radius 3 is 2.89 bits per heavy atom. The molecule has 0 unspecified atom stereocenters. The Kier molecular flexibility index (Phi) is 1.79. The number of hydrogen-bond donors (Lipinski definition) is 0. The van der Waals surface area contributed by atoms with Crippen molar-refractivity contribution in [1.29, 1.82) is 0 Å². The topological polar surface area (TPSA) is 26.3 Å². The van der Waals surface area contributed by atoms with Crippen LogP contribution in [0.4, 0.5) is 0 Å². The predicted octanol–water partition coefficient (Wildman–Crippen LogP) is 0.382. The van der Waals surface area contributed by atoms with Crippen LogP contribution in [0.3, 0.4) is 0 Å². The molecule has 0 aromatic carbocycles. The fraction of sp³-hybridized carbons (Fsp3) is 0.833. The molecule has 0 heterocycles. The summed E-state index contributed by atoms with van der Waals surface area (Å²) in [5, 5.41) is 0. The zero-order valence-electron chi connectivity index (χ0n) is 5.46. The zero-order valence-corrected chi connectivity index (χ0v) is 5.46. The van der Waals surface area contributed by atoms with Gasteiger partial charge in [0.05, 0.1) is 20.9 Å². The summed E-state index contributed by atoms with van der Waals surface area (Å²) in [6, 6.07) is 0. The van der Waals surface area contributed by atoms with E-state index >= 15 is 0 Å². The fourth-order valence-corrected chi connectivity index (χ4v) is 0.948. The maximum atomic E-state index is 10.7. The van der Waals surface area contributed by atoms with E-state index in [0.29, 0.717) is 12.2 Å². The lowest BCUT2D eigenvalue weighted by Gasteiger charge is -1.93. The molecule has 2 nitrogen and oxygen atoms in total. The van der Waals surface area contributed by atoms with Crippen molar-refractivity contribution in [1.82, 2.24) is 0 Å². The third kappa shape index (κ3) is 1.26. The molecule has 0 bridgehead atoms. The average molecular weight is 124 g/mol. The van der Waals surface area contributed by atoms with E-state index in [4.69, 9.17) is 7.85 Å². The molecule has 1 saturated carbocycles. The zero-order chi connectivity index (χ0) is 6.85. The highest BCUT2D eigenvalue weighted by atomic mass is 16.5. The van der Waals surface area contributed by atoms with Gasteiger partial charge in [-0.3, -0.25) is 4.79 Å². The van der Waals surface area contributed by atoms with Gasteiger partial charge in [0.15, 0.2) is 0 Å². The number of hydrogen-bond acceptors (Lipinski definition) is 2. The highest BCUT2D eigenvalue weighted by Gasteiger charge is 2.41. The van der Waals surface area contributed by atoms with Gasteiger partial charge in [0.2, 0.25) is 0 Å². The Hall–Kier alpha value is -0.465. The van der Waals surface area contributed by atoms with Crippen molar-refractivity contribution in [3.8, 4) is 0 Å². The van der Waals surface area contributed by atoms with Gasteiger partial charge in [-0.15, -0.1) is 0 Å². The number of carbonyl (C=O) groups excluding carboxylic acids is 1. The summed E-state index contributed by atoms with van der Waals surface area (Å²) in [6.45, 7) is 0. The van der Waals surface area contributed by atoms with Gasteiger partial charge in [-0.05, 0) is 12.3 Å². The molecule has 0 amide bonds. The van der Waals surface area contributed by atoms with Gasteiger partial charge in [0, 0.05) is 0 Å². The SMILES string of the molecule is [B]C[C@@H]1C[C@H]1C(=O)OC. The van der Waals surface area contributed by atoms with Crippen molar-refractivity contribution in [3.05, 3.63) is 0 Å². The Morgan fingerprint density at radius 1 is 1.89 bits per heavy atom. The van der Waals surface area contributed by atoms with Crippen LogP contribution in [-0.4, -0.2) is 20.9 Å². The summed E-state index contributed by atoms with van der Waals surface area (Å²) in [6.07, 6.45) is 1.53. The van der Waals surface area contributed by atoms with Crippen molar-refractivity contribution in [2.24, 2.45) is 11.8 Å². The van der Waals surface area contributed by atoms with E-state index < -0.39 is 0 Å². The lowest BCUT2D eigenvalue weighted by molar-refractivity contribution is -0.142. The molecule has 0 spiro atoms. The minimum Gasteiger partial charge on any atom is -0.469 e. The number of rotatable bonds is 2. The summed E-state index contributed by atoms with van der Waals surface area (Å²) >= 11 is 0. The Bertz CT molecular complexity index is 124. The van der Waals surface area contributed by atoms with Gasteiger partial charge in [-0.2, -0.15) is 0 Å². The van der Waals surface area contributed by atoms with Crippen LogP contribution in [0.1, 0.15) is 6.42 Å². The first kappa shape index (κ1) is 6.65. The molecule has 0 aliphatic heterocycles. The monoisotopic (exact) mass is 124 g/mol. The number of carbonyl (C=O) groups is 1. The van der Waals surface area contributed by atoms with E-state index in [9.17, 15) is 4.79 Å². The molecule has 1 rings (SSSR count). The van der Waals surface area contributed by atoms with Gasteiger partial charge >= 0.3 is 5.97 Å². The van der Waals surface area contributed by atoms with Crippen molar-refractivity contribution in [3.63, 3.8) is 0 Å². The van der Waals surface area contributed by atoms with Crippen molar-refractivity contribution >= 4 is 13.8 Å². The van der Waals surface area contributed by atoms with Crippen LogP contribution in [0.15, 0.2) is 0 Å². The van der Waals surface area contributed by atoms with Crippen molar-refractivity contribution in [2.45, 2.75) is 12.7 Å². The first-order valence-electron chi connectivity index (χ1n) is 3.07. The standard InChI is InChI=1S/C6H9BO2/c1-9-6(8)5-2-4(5)3-7/h4-5H,2-3H2,1H3/t4-,5+/m0/s1. The molecule has 0 aromatic heterocycles. The Balaban J connectivity index is 2.25. The normalized spacial score (nSPS) is 31.7. The third-order valence-electron chi connectivity index (χ3n) is 1.73. The second kappa shape index (κ2) is 2.42. The van der Waals surface area contributed by atoms with Gasteiger partial charge in [-0.25, -0.2) is 0 Å². The third-order valence-corrected chi connectivity index (χ3v) is 1.73. The smallest absolute Gasteiger partial charge is 0.308 e. The molecule has 2 atom stereocenters. The highest BCUT2D eigenvalue weighted by molar-refractivity contribution is 6.09. The van der Waals surface area contributed by atoms with Crippen LogP contribution < -0.4 is 0 Å². The van der Waals surface area contributed by atoms with Crippen LogP contribution >= 0.6 is 0 Å². The predicted molar refractivity (Wildman–Crippen MR) is 34.2 cm³/mol. The van der Waals surface area contributed by atoms with Gasteiger partial charge in [-0.1, -0.05) is 6.32 Å². The molecule has 2 radical (unpaired) electrons. The van der Waals surface area contributed by atoms with E-state index in [0.717, 1.165) is 6.42 Å². The largest absolute Gasteiger partial charge is 0.469 e. The first-order valence-corrected chi connectivity index (χ1v) is 3.07. The maximum Gasteiger partial charge on any atom is 0.308 e. The number of ether oxygens (including phenoxy) is 1. The van der Waals surface area contributed by atoms with Gasteiger partial charge in [0.1, 0.15) is 0 Å². The Labute approximate surface area is 56.0 Å². The van der Waals surface area contributed by atoms with E-state index in [1.165, 1.54) is 7.11 Å². The molecular weight excluding hydrogens is 115 g/mol. The molecule has 0 aromatic rings. The van der Waals surface area contributed by atoms with Crippen LogP contribution in [0.2, 0.25) is 6.32 Å². The van der Waals surface area contributed by atoms with E-state index in [2.05, 4.69) is 4.74 Å². The van der Waals surface area contributed by atoms with Gasteiger partial charge in [0.25, 0.3) is 0 Å². The summed E-state index contributed by atoms with van der Waals surface area (Å²) in [7, 11) is 6.72. The van der Waals surface area contributed by atoms with Crippen molar-refractivity contribution in [2.75, 3.05) is 7.11 Å². The molecule has 48 valence electrons. The van der Waals surface area contributed by atoms with Gasteiger partial charge < -0.3 is 4.74 Å². The molecule has 1 aliphatic rings. The summed E-state index contributed by atoms with van der Waals surface area (Å²) in [5.74, 6) is 0.405. The summed E-state index contributed by atoms with van der Waals surface area (Å²) < 4.78 is 4.51. The lowest BCUT2D eigenvalue weighted by Crippen LogP contribution is -2.03. The van der Waals surface area contributed by atoms with E-state index in [-0.39, 0.29) is 11.9 Å². The quantitative estimate of drug-likeness (QED) is 0.393. The van der Waals surface area contributed by atoms with Crippen LogP contribution in [0.25, 0.3) is 0 Å². The Morgan fingerprint density at radius 2 is 2.56 bits per heavy atom. The molecule has 9 heavy (non-hydrogen) atoms. The maximum absolute atomic E-state index is 10.7. The molecule has 1 aliphatic carbocycles. The minimum atomic E-state index is -0.106. The van der Waals surface area contributed by atoms with Crippen LogP contribution in [-0.2, 0) is 9.53 Å². The van der Waals surface area contributed by atoms with Crippen LogP contribution in [0.5, 0.6) is 0 Å². The summed E-state index contributed by atoms with van der Waals surface area (Å²) in [5.41, 5.74) is 0. The highest BCUT2D eigenvalue weighted by Crippen LogP contribution is 2.41. The average Bonchev–Trinajstić information content (AvgIpc) is 2.64. The first-order chi connectivity index (χ1) is 4.29. The van der Waals surface area contributed by atoms with E-state index in [1.54, 1.807) is 0 Å². The number of esters is 1. The second-order valence-electron chi connectivity index (χ2n) is 2.36. The molecule has 0 saturated heterocycles. The fourth-order valence-electron chi connectivity index (χ4n) is 0.948. The number of methoxy groups -OCH3 is 1. The van der Waals surface area contributed by atoms with Crippen LogP contribution in [0, 0.1) is 11.8 Å². The second-order valence-corrected chi connectivity index (χ2v) is 2.36. The van der Waals surface area contributed by atoms with E-state index in [1.807, 2.05) is 0 Å². The molecular formula is C6H9BO2. The summed E-state index contributed by atoms with van der Waals surface area (Å²) in [4.78, 5) is 10.7. The lowest BCUT2D eigenvalue weighted by atomic mass is 9.99. The minimum absolute atomic E-state index is 0.106.